The molecule has 0 amide bonds. The topological polar surface area (TPSA) is 63.0 Å². The fourth-order valence-electron chi connectivity index (χ4n) is 1.77. The molecular weight excluding hydrogens is 180 g/mol. The minimum absolute atomic E-state index is 0.214. The Bertz CT molecular complexity index is 523. The molecule has 2 heterocycles. The average Bonchev–Trinajstić information content (AvgIpc) is 2.45. The number of aromatic nitrogens is 4. The normalized spacial score (nSPS) is 17.1. The van der Waals surface area contributed by atoms with Crippen molar-refractivity contribution in [2.24, 2.45) is 0 Å². The number of hydrogen-bond donors (Lipinski definition) is 1. The SMILES string of the molecule is O=c1[nH]nc2ncc(C3CCC3)cn12. The van der Waals surface area contributed by atoms with E-state index < -0.39 is 0 Å². The molecule has 14 heavy (non-hydrogen) atoms. The van der Waals surface area contributed by atoms with Gasteiger partial charge in [0.1, 0.15) is 0 Å². The first-order valence-electron chi connectivity index (χ1n) is 4.77. The van der Waals surface area contributed by atoms with Gasteiger partial charge in [0.15, 0.2) is 0 Å². The number of H-pyrrole nitrogens is 1. The zero-order valence-electron chi connectivity index (χ0n) is 7.60. The van der Waals surface area contributed by atoms with E-state index in [1.54, 1.807) is 0 Å². The van der Waals surface area contributed by atoms with Gasteiger partial charge in [-0.05, 0) is 24.3 Å². The van der Waals surface area contributed by atoms with Crippen LogP contribution >= 0.6 is 0 Å². The number of nitrogens with one attached hydrogen (secondary N) is 1. The molecule has 0 radical (unpaired) electrons. The summed E-state index contributed by atoms with van der Waals surface area (Å²) in [5.41, 5.74) is 0.931. The lowest BCUT2D eigenvalue weighted by atomic mass is 9.81. The highest BCUT2D eigenvalue weighted by Gasteiger charge is 2.20. The molecule has 5 heteroatoms. The molecular formula is C9H10N4O. The van der Waals surface area contributed by atoms with Crippen molar-refractivity contribution in [1.82, 2.24) is 19.6 Å². The van der Waals surface area contributed by atoms with E-state index in [4.69, 9.17) is 0 Å². The van der Waals surface area contributed by atoms with Crippen molar-refractivity contribution in [3.8, 4) is 0 Å². The molecule has 1 saturated carbocycles. The molecule has 5 nitrogen and oxygen atoms in total. The Balaban J connectivity index is 2.17. The first-order chi connectivity index (χ1) is 6.84. The summed E-state index contributed by atoms with van der Waals surface area (Å²) in [5.74, 6) is 1.03. The number of fused-ring (bicyclic) bond motifs is 1. The third-order valence-corrected chi connectivity index (χ3v) is 2.87. The Hall–Kier alpha value is -1.65. The van der Waals surface area contributed by atoms with Crippen molar-refractivity contribution in [3.63, 3.8) is 0 Å². The second-order valence-corrected chi connectivity index (χ2v) is 3.71. The molecule has 0 aromatic carbocycles. The first-order valence-corrected chi connectivity index (χ1v) is 4.77. The lowest BCUT2D eigenvalue weighted by Crippen LogP contribution is -2.14. The van der Waals surface area contributed by atoms with Gasteiger partial charge in [-0.25, -0.2) is 19.3 Å². The monoisotopic (exact) mass is 190 g/mol. The summed E-state index contributed by atoms with van der Waals surface area (Å²) < 4.78 is 1.47. The van der Waals surface area contributed by atoms with Crippen LogP contribution in [0.25, 0.3) is 5.78 Å². The summed E-state index contributed by atoms with van der Waals surface area (Å²) in [6.07, 6.45) is 7.36. The van der Waals surface area contributed by atoms with E-state index in [0.29, 0.717) is 11.7 Å². The molecule has 2 aromatic rings. The lowest BCUT2D eigenvalue weighted by Gasteiger charge is -2.24. The predicted molar refractivity (Wildman–Crippen MR) is 50.2 cm³/mol. The second kappa shape index (κ2) is 2.67. The minimum Gasteiger partial charge on any atom is -0.246 e. The van der Waals surface area contributed by atoms with Crippen molar-refractivity contribution < 1.29 is 0 Å². The number of rotatable bonds is 1. The summed E-state index contributed by atoms with van der Waals surface area (Å²) in [7, 11) is 0. The Morgan fingerprint density at radius 3 is 3.07 bits per heavy atom. The van der Waals surface area contributed by atoms with Crippen LogP contribution in [0.3, 0.4) is 0 Å². The molecule has 0 unspecified atom stereocenters. The third-order valence-electron chi connectivity index (χ3n) is 2.87. The highest BCUT2D eigenvalue weighted by atomic mass is 16.1. The van der Waals surface area contributed by atoms with Crippen molar-refractivity contribution in [2.45, 2.75) is 25.2 Å². The third kappa shape index (κ3) is 0.982. The van der Waals surface area contributed by atoms with Crippen LogP contribution < -0.4 is 5.69 Å². The van der Waals surface area contributed by atoms with Crippen LogP contribution in [0.1, 0.15) is 30.7 Å². The molecule has 1 aliphatic carbocycles. The lowest BCUT2D eigenvalue weighted by molar-refractivity contribution is 0.417. The van der Waals surface area contributed by atoms with Crippen molar-refractivity contribution in [1.29, 1.82) is 0 Å². The fraction of sp³-hybridized carbons (Fsp3) is 0.444. The fourth-order valence-corrected chi connectivity index (χ4v) is 1.77. The summed E-state index contributed by atoms with van der Waals surface area (Å²) >= 11 is 0. The van der Waals surface area contributed by atoms with Crippen LogP contribution in [0, 0.1) is 0 Å². The predicted octanol–water partition coefficient (Wildman–Crippen LogP) is 0.685. The van der Waals surface area contributed by atoms with E-state index in [-0.39, 0.29) is 5.69 Å². The van der Waals surface area contributed by atoms with Crippen LogP contribution in [0.5, 0.6) is 0 Å². The summed E-state index contributed by atoms with van der Waals surface area (Å²) in [6.45, 7) is 0. The molecule has 0 saturated heterocycles. The smallest absolute Gasteiger partial charge is 0.246 e. The molecule has 0 aliphatic heterocycles. The highest BCUT2D eigenvalue weighted by Crippen LogP contribution is 2.35. The van der Waals surface area contributed by atoms with E-state index in [0.717, 1.165) is 5.56 Å². The molecule has 1 aliphatic rings. The Kier molecular flexibility index (Phi) is 1.47. The molecule has 0 bridgehead atoms. The zero-order chi connectivity index (χ0) is 9.54. The Morgan fingerprint density at radius 1 is 1.50 bits per heavy atom. The van der Waals surface area contributed by atoms with Gasteiger partial charge in [-0.2, -0.15) is 0 Å². The quantitative estimate of drug-likeness (QED) is 0.719. The van der Waals surface area contributed by atoms with Crippen LogP contribution in [0.15, 0.2) is 17.2 Å². The van der Waals surface area contributed by atoms with E-state index >= 15 is 0 Å². The van der Waals surface area contributed by atoms with Gasteiger partial charge in [0.2, 0.25) is 0 Å². The van der Waals surface area contributed by atoms with Crippen LogP contribution in [-0.2, 0) is 0 Å². The van der Waals surface area contributed by atoms with E-state index in [9.17, 15) is 4.79 Å². The van der Waals surface area contributed by atoms with Crippen molar-refractivity contribution in [3.05, 3.63) is 28.4 Å². The van der Waals surface area contributed by atoms with Crippen molar-refractivity contribution in [2.75, 3.05) is 0 Å². The maximum Gasteiger partial charge on any atom is 0.348 e. The largest absolute Gasteiger partial charge is 0.348 e. The van der Waals surface area contributed by atoms with Gasteiger partial charge < -0.3 is 0 Å². The maximum absolute atomic E-state index is 11.3. The van der Waals surface area contributed by atoms with Gasteiger partial charge in [-0.1, -0.05) is 6.42 Å². The molecule has 0 atom stereocenters. The first kappa shape index (κ1) is 7.73. The standard InChI is InChI=1S/C9H10N4O/c14-9-12-11-8-10-4-7(5-13(8)9)6-2-1-3-6/h4-6H,1-3H2,(H,12,14). The number of hydrogen-bond acceptors (Lipinski definition) is 3. The highest BCUT2D eigenvalue weighted by molar-refractivity contribution is 5.28. The Labute approximate surface area is 79.8 Å². The summed E-state index contributed by atoms with van der Waals surface area (Å²) in [5, 5.41) is 6.15. The van der Waals surface area contributed by atoms with Gasteiger partial charge in [0.05, 0.1) is 0 Å². The van der Waals surface area contributed by atoms with Gasteiger partial charge >= 0.3 is 5.69 Å². The molecule has 72 valence electrons. The van der Waals surface area contributed by atoms with Crippen LogP contribution in [0.4, 0.5) is 0 Å². The van der Waals surface area contributed by atoms with Gasteiger partial charge in [-0.3, -0.25) is 0 Å². The molecule has 1 fully saturated rings. The van der Waals surface area contributed by atoms with Gasteiger partial charge in [0.25, 0.3) is 5.78 Å². The van der Waals surface area contributed by atoms with Crippen LogP contribution in [0.2, 0.25) is 0 Å². The number of nitrogens with zero attached hydrogens (tertiary/aromatic N) is 3. The molecule has 3 rings (SSSR count). The average molecular weight is 190 g/mol. The maximum atomic E-state index is 11.3. The molecule has 1 N–H and O–H groups in total. The van der Waals surface area contributed by atoms with Gasteiger partial charge in [0, 0.05) is 12.4 Å². The van der Waals surface area contributed by atoms with E-state index in [1.165, 1.54) is 23.7 Å². The minimum atomic E-state index is -0.214. The molecule has 2 aromatic heterocycles. The van der Waals surface area contributed by atoms with Gasteiger partial charge in [-0.15, -0.1) is 5.10 Å². The zero-order valence-corrected chi connectivity index (χ0v) is 7.60. The Morgan fingerprint density at radius 2 is 2.36 bits per heavy atom. The van der Waals surface area contributed by atoms with Crippen LogP contribution in [-0.4, -0.2) is 19.6 Å². The van der Waals surface area contributed by atoms with E-state index in [1.807, 2.05) is 12.4 Å². The summed E-state index contributed by atoms with van der Waals surface area (Å²) in [4.78, 5) is 15.4. The number of aromatic amines is 1. The second-order valence-electron chi connectivity index (χ2n) is 3.71. The summed E-state index contributed by atoms with van der Waals surface area (Å²) in [6, 6.07) is 0. The molecule has 0 spiro atoms. The van der Waals surface area contributed by atoms with Crippen molar-refractivity contribution >= 4 is 5.78 Å². The van der Waals surface area contributed by atoms with E-state index in [2.05, 4.69) is 15.2 Å².